The van der Waals surface area contributed by atoms with Crippen LogP contribution in [0.3, 0.4) is 0 Å². The zero-order valence-corrected chi connectivity index (χ0v) is 19.3. The molecule has 1 N–H and O–H groups in total. The molecule has 2 aromatic carbocycles. The Bertz CT molecular complexity index is 1150. The Balaban J connectivity index is 1.39. The molecule has 0 bridgehead atoms. The van der Waals surface area contributed by atoms with Crippen LogP contribution in [0.2, 0.25) is 5.02 Å². The first kappa shape index (κ1) is 23.1. The predicted molar refractivity (Wildman–Crippen MR) is 134 cm³/mol. The molecule has 33 heavy (non-hydrogen) atoms. The molecule has 0 amide bonds. The first-order valence-corrected chi connectivity index (χ1v) is 11.5. The molecule has 1 aliphatic heterocycles. The van der Waals surface area contributed by atoms with Crippen LogP contribution in [-0.4, -0.2) is 47.3 Å². The molecule has 5 heteroatoms. The first-order chi connectivity index (χ1) is 16.2. The summed E-state index contributed by atoms with van der Waals surface area (Å²) < 4.78 is 6.00. The number of aliphatic hydroxyl groups is 1. The fraction of sp³-hybridized carbons (Fsp3) is 0.250. The lowest BCUT2D eigenvalue weighted by Gasteiger charge is -2.22. The van der Waals surface area contributed by atoms with E-state index in [1.807, 2.05) is 60.8 Å². The molecule has 4 nitrogen and oxygen atoms in total. The second-order valence-electron chi connectivity index (χ2n) is 8.01. The zero-order chi connectivity index (χ0) is 23.0. The molecule has 3 aromatic rings. The lowest BCUT2D eigenvalue weighted by atomic mass is 10.1. The van der Waals surface area contributed by atoms with Crippen molar-refractivity contribution in [2.75, 3.05) is 26.3 Å². The van der Waals surface area contributed by atoms with E-state index in [1.54, 1.807) is 6.08 Å². The number of rotatable bonds is 7. The second-order valence-corrected chi connectivity index (χ2v) is 8.45. The monoisotopic (exact) mass is 458 g/mol. The van der Waals surface area contributed by atoms with E-state index in [1.165, 1.54) is 0 Å². The van der Waals surface area contributed by atoms with Crippen molar-refractivity contribution in [3.05, 3.63) is 89.2 Å². The van der Waals surface area contributed by atoms with Crippen molar-refractivity contribution >= 4 is 17.7 Å². The Morgan fingerprint density at radius 2 is 1.94 bits per heavy atom. The molecule has 1 saturated heterocycles. The minimum atomic E-state index is 0.212. The van der Waals surface area contributed by atoms with Gasteiger partial charge in [-0.15, -0.1) is 0 Å². The largest absolute Gasteiger partial charge is 0.492 e. The average molecular weight is 459 g/mol. The van der Waals surface area contributed by atoms with Crippen LogP contribution < -0.4 is 4.74 Å². The smallest absolute Gasteiger partial charge is 0.126 e. The highest BCUT2D eigenvalue weighted by molar-refractivity contribution is 6.30. The summed E-state index contributed by atoms with van der Waals surface area (Å²) in [6.07, 6.45) is 5.79. The normalized spacial score (nSPS) is 15.6. The molecule has 1 aliphatic rings. The number of ether oxygens (including phenoxy) is 1. The summed E-state index contributed by atoms with van der Waals surface area (Å²) in [7, 11) is 0. The van der Waals surface area contributed by atoms with Crippen LogP contribution in [0.25, 0.3) is 17.2 Å². The van der Waals surface area contributed by atoms with Gasteiger partial charge in [0.15, 0.2) is 0 Å². The third kappa shape index (κ3) is 6.03. The number of pyridine rings is 1. The van der Waals surface area contributed by atoms with E-state index in [0.29, 0.717) is 17.3 Å². The number of benzene rings is 2. The van der Waals surface area contributed by atoms with Crippen LogP contribution in [0.15, 0.2) is 67.4 Å². The van der Waals surface area contributed by atoms with E-state index in [9.17, 15) is 5.11 Å². The van der Waals surface area contributed by atoms with Gasteiger partial charge in [0.2, 0.25) is 0 Å². The number of hydrogen-bond donors (Lipinski definition) is 1. The number of aliphatic hydroxyl groups excluding tert-OH is 1. The summed E-state index contributed by atoms with van der Waals surface area (Å²) in [6.45, 7) is 6.53. The molecule has 1 atom stereocenters. The van der Waals surface area contributed by atoms with Gasteiger partial charge in [-0.05, 0) is 67.3 Å². The van der Waals surface area contributed by atoms with Crippen LogP contribution in [0.4, 0.5) is 0 Å². The van der Waals surface area contributed by atoms with E-state index in [4.69, 9.17) is 16.3 Å². The van der Waals surface area contributed by atoms with E-state index in [2.05, 4.69) is 28.3 Å². The van der Waals surface area contributed by atoms with Crippen molar-refractivity contribution in [3.63, 3.8) is 0 Å². The fourth-order valence-corrected chi connectivity index (χ4v) is 4.13. The van der Waals surface area contributed by atoms with Crippen molar-refractivity contribution in [2.24, 2.45) is 0 Å². The van der Waals surface area contributed by atoms with Gasteiger partial charge < -0.3 is 9.84 Å². The van der Waals surface area contributed by atoms with Gasteiger partial charge in [-0.25, -0.2) is 4.98 Å². The van der Waals surface area contributed by atoms with Gasteiger partial charge in [0.05, 0.1) is 6.61 Å². The van der Waals surface area contributed by atoms with Gasteiger partial charge in [0.1, 0.15) is 18.1 Å². The second kappa shape index (κ2) is 11.2. The van der Waals surface area contributed by atoms with E-state index >= 15 is 0 Å². The highest BCUT2D eigenvalue weighted by atomic mass is 35.5. The molecule has 1 fully saturated rings. The van der Waals surface area contributed by atoms with Crippen LogP contribution >= 0.6 is 11.6 Å². The van der Waals surface area contributed by atoms with Gasteiger partial charge in [0.25, 0.3) is 0 Å². The SMILES string of the molecule is C=Cc1cc(C#Cc2ccc(-c3ccc(Cl)cc3)cn2)ccc1OCCN1CCC[C@H]1CO. The lowest BCUT2D eigenvalue weighted by molar-refractivity contribution is 0.139. The van der Waals surface area contributed by atoms with Crippen LogP contribution in [0, 0.1) is 11.8 Å². The minimum Gasteiger partial charge on any atom is -0.492 e. The maximum absolute atomic E-state index is 9.46. The number of halogens is 1. The molecule has 168 valence electrons. The first-order valence-electron chi connectivity index (χ1n) is 11.1. The Morgan fingerprint density at radius 1 is 1.12 bits per heavy atom. The van der Waals surface area contributed by atoms with Crippen molar-refractivity contribution in [1.82, 2.24) is 9.88 Å². The minimum absolute atomic E-state index is 0.212. The van der Waals surface area contributed by atoms with E-state index < -0.39 is 0 Å². The predicted octanol–water partition coefficient (Wildman–Crippen LogP) is 5.28. The topological polar surface area (TPSA) is 45.6 Å². The Labute approximate surface area is 200 Å². The molecule has 1 aromatic heterocycles. The van der Waals surface area contributed by atoms with Gasteiger partial charge in [-0.3, -0.25) is 4.90 Å². The summed E-state index contributed by atoms with van der Waals surface area (Å²) in [4.78, 5) is 6.76. The summed E-state index contributed by atoms with van der Waals surface area (Å²) in [5.74, 6) is 7.09. The van der Waals surface area contributed by atoms with Crippen molar-refractivity contribution in [1.29, 1.82) is 0 Å². The highest BCUT2D eigenvalue weighted by Crippen LogP contribution is 2.23. The number of likely N-dealkylation sites (tertiary alicyclic amines) is 1. The molecule has 2 heterocycles. The van der Waals surface area contributed by atoms with Crippen LogP contribution in [-0.2, 0) is 0 Å². The van der Waals surface area contributed by atoms with E-state index in [0.717, 1.165) is 53.9 Å². The Morgan fingerprint density at radius 3 is 2.67 bits per heavy atom. The summed E-state index contributed by atoms with van der Waals surface area (Å²) in [5.41, 5.74) is 4.58. The number of aromatic nitrogens is 1. The Hall–Kier alpha value is -3.10. The van der Waals surface area contributed by atoms with Crippen molar-refractivity contribution in [2.45, 2.75) is 18.9 Å². The lowest BCUT2D eigenvalue weighted by Crippen LogP contribution is -2.35. The quantitative estimate of drug-likeness (QED) is 0.489. The summed E-state index contributed by atoms with van der Waals surface area (Å²) in [6, 6.07) is 17.7. The maximum Gasteiger partial charge on any atom is 0.126 e. The molecule has 0 saturated carbocycles. The molecule has 0 aliphatic carbocycles. The fourth-order valence-electron chi connectivity index (χ4n) is 4.00. The molecular weight excluding hydrogens is 432 g/mol. The third-order valence-corrected chi connectivity index (χ3v) is 6.10. The number of nitrogens with zero attached hydrogens (tertiary/aromatic N) is 2. The van der Waals surface area contributed by atoms with Crippen LogP contribution in [0.1, 0.15) is 29.7 Å². The molecule has 4 rings (SSSR count). The highest BCUT2D eigenvalue weighted by Gasteiger charge is 2.23. The molecule has 0 spiro atoms. The number of hydrogen-bond acceptors (Lipinski definition) is 4. The van der Waals surface area contributed by atoms with Crippen molar-refractivity contribution in [3.8, 4) is 28.7 Å². The van der Waals surface area contributed by atoms with Gasteiger partial charge in [-0.2, -0.15) is 0 Å². The van der Waals surface area contributed by atoms with Crippen LogP contribution in [0.5, 0.6) is 5.75 Å². The molecule has 0 unspecified atom stereocenters. The maximum atomic E-state index is 9.46. The Kier molecular flexibility index (Phi) is 7.80. The summed E-state index contributed by atoms with van der Waals surface area (Å²) >= 11 is 5.96. The standard InChI is InChI=1S/C28H27ClN2O2/c1-2-22-18-21(6-14-28(22)33-17-16-31-15-3-4-27(31)20-32)5-12-26-13-9-24(19-30-26)23-7-10-25(29)11-8-23/h2,6-11,13-14,18-19,27,32H,1,3-4,15-17,20H2/t27-/m0/s1. The van der Waals surface area contributed by atoms with Gasteiger partial charge in [-0.1, -0.05) is 48.4 Å². The third-order valence-electron chi connectivity index (χ3n) is 5.85. The average Bonchev–Trinajstić information content (AvgIpc) is 3.31. The molecule has 0 radical (unpaired) electrons. The zero-order valence-electron chi connectivity index (χ0n) is 18.5. The van der Waals surface area contributed by atoms with Gasteiger partial charge >= 0.3 is 0 Å². The molecular formula is C28H27ClN2O2. The van der Waals surface area contributed by atoms with Crippen molar-refractivity contribution < 1.29 is 9.84 Å². The van der Waals surface area contributed by atoms with E-state index in [-0.39, 0.29) is 12.6 Å². The van der Waals surface area contributed by atoms with Gasteiger partial charge in [0, 0.05) is 40.5 Å². The summed E-state index contributed by atoms with van der Waals surface area (Å²) in [5, 5.41) is 10.2.